The molecule has 0 aromatic carbocycles. The molecule has 0 aliphatic heterocycles. The molecule has 0 aliphatic rings. The number of nitrogens with one attached hydrogen (secondary N) is 2. The molecule has 1 aromatic heterocycles. The third kappa shape index (κ3) is 6.21. The average Bonchev–Trinajstić information content (AvgIpc) is 2.74. The zero-order chi connectivity index (χ0) is 15.0. The van der Waals surface area contributed by atoms with Crippen LogP contribution in [0.3, 0.4) is 0 Å². The lowest BCUT2D eigenvalue weighted by Gasteiger charge is -2.16. The predicted molar refractivity (Wildman–Crippen MR) is 74.4 cm³/mol. The summed E-state index contributed by atoms with van der Waals surface area (Å²) in [6, 6.07) is -0.668. The van der Waals surface area contributed by atoms with Gasteiger partial charge >= 0.3 is 12.0 Å². The van der Waals surface area contributed by atoms with Gasteiger partial charge in [0, 0.05) is 18.8 Å². The first-order chi connectivity index (χ1) is 9.51. The highest BCUT2D eigenvalue weighted by Crippen LogP contribution is 2.01. The number of carboxylic acids is 1. The summed E-state index contributed by atoms with van der Waals surface area (Å²) in [5.41, 5.74) is 1.07. The molecule has 2 amide bonds. The number of hydrogen-bond donors (Lipinski definition) is 3. The van der Waals surface area contributed by atoms with Crippen molar-refractivity contribution in [2.24, 2.45) is 0 Å². The predicted octanol–water partition coefficient (Wildman–Crippen LogP) is 1.13. The number of aromatic nitrogens is 2. The average molecular weight is 282 g/mol. The van der Waals surface area contributed by atoms with Crippen molar-refractivity contribution in [1.82, 2.24) is 20.4 Å². The third-order valence-electron chi connectivity index (χ3n) is 2.78. The summed E-state index contributed by atoms with van der Waals surface area (Å²) < 4.78 is 1.75. The van der Waals surface area contributed by atoms with Crippen LogP contribution in [0.1, 0.15) is 31.7 Å². The van der Waals surface area contributed by atoms with E-state index >= 15 is 0 Å². The van der Waals surface area contributed by atoms with Gasteiger partial charge in [-0.1, -0.05) is 13.3 Å². The second-order valence-electron chi connectivity index (χ2n) is 4.76. The van der Waals surface area contributed by atoms with Crippen molar-refractivity contribution in [2.75, 3.05) is 6.54 Å². The number of nitrogens with zero attached hydrogens (tertiary/aromatic N) is 2. The van der Waals surface area contributed by atoms with Gasteiger partial charge in [-0.3, -0.25) is 9.48 Å². The van der Waals surface area contributed by atoms with E-state index in [2.05, 4.69) is 15.7 Å². The molecule has 0 saturated heterocycles. The number of rotatable bonds is 8. The van der Waals surface area contributed by atoms with Crippen LogP contribution in [-0.4, -0.2) is 39.5 Å². The maximum Gasteiger partial charge on any atom is 0.315 e. The first kappa shape index (κ1) is 16.0. The molecule has 3 N–H and O–H groups in total. The molecule has 0 spiro atoms. The lowest BCUT2D eigenvalue weighted by molar-refractivity contribution is -0.137. The van der Waals surface area contributed by atoms with E-state index in [1.807, 2.05) is 20.0 Å². The second-order valence-corrected chi connectivity index (χ2v) is 4.76. The van der Waals surface area contributed by atoms with Crippen LogP contribution in [0.15, 0.2) is 12.4 Å². The van der Waals surface area contributed by atoms with Crippen molar-refractivity contribution in [1.29, 1.82) is 0 Å². The SMILES string of the molecule is CCCC(CC(=O)O)NC(=O)NCCn1cc(C)cn1. The summed E-state index contributed by atoms with van der Waals surface area (Å²) in [4.78, 5) is 22.3. The molecule has 112 valence electrons. The Morgan fingerprint density at radius 3 is 2.80 bits per heavy atom. The zero-order valence-electron chi connectivity index (χ0n) is 11.9. The zero-order valence-corrected chi connectivity index (χ0v) is 11.9. The summed E-state index contributed by atoms with van der Waals surface area (Å²) in [5, 5.41) is 18.3. The number of carboxylic acid groups (broad SMARTS) is 1. The first-order valence-corrected chi connectivity index (χ1v) is 6.76. The van der Waals surface area contributed by atoms with Crippen LogP contribution < -0.4 is 10.6 Å². The smallest absolute Gasteiger partial charge is 0.315 e. The van der Waals surface area contributed by atoms with E-state index in [9.17, 15) is 9.59 Å². The minimum atomic E-state index is -0.907. The van der Waals surface area contributed by atoms with Gasteiger partial charge in [0.15, 0.2) is 0 Å². The molecule has 7 heteroatoms. The highest BCUT2D eigenvalue weighted by atomic mass is 16.4. The Hall–Kier alpha value is -2.05. The number of aliphatic carboxylic acids is 1. The maximum atomic E-state index is 11.7. The van der Waals surface area contributed by atoms with Crippen LogP contribution in [-0.2, 0) is 11.3 Å². The normalized spacial score (nSPS) is 11.9. The van der Waals surface area contributed by atoms with E-state index < -0.39 is 5.97 Å². The van der Waals surface area contributed by atoms with Gasteiger partial charge in [0.2, 0.25) is 0 Å². The maximum absolute atomic E-state index is 11.7. The molecule has 20 heavy (non-hydrogen) atoms. The molecule has 1 aromatic rings. The fraction of sp³-hybridized carbons (Fsp3) is 0.615. The number of hydrogen-bond acceptors (Lipinski definition) is 3. The van der Waals surface area contributed by atoms with Crippen LogP contribution in [0.4, 0.5) is 4.79 Å². The van der Waals surface area contributed by atoms with Crippen LogP contribution >= 0.6 is 0 Å². The Labute approximate surface area is 118 Å². The number of aryl methyl sites for hydroxylation is 1. The first-order valence-electron chi connectivity index (χ1n) is 6.76. The van der Waals surface area contributed by atoms with Crippen molar-refractivity contribution in [2.45, 2.75) is 45.7 Å². The van der Waals surface area contributed by atoms with E-state index in [1.54, 1.807) is 10.9 Å². The molecule has 0 saturated carbocycles. The Balaban J connectivity index is 2.28. The second kappa shape index (κ2) is 8.19. The van der Waals surface area contributed by atoms with Gasteiger partial charge in [-0.2, -0.15) is 5.10 Å². The van der Waals surface area contributed by atoms with Crippen molar-refractivity contribution >= 4 is 12.0 Å². The Kier molecular flexibility index (Phi) is 6.55. The van der Waals surface area contributed by atoms with Crippen LogP contribution in [0.25, 0.3) is 0 Å². The minimum absolute atomic E-state index is 0.0559. The summed E-state index contributed by atoms with van der Waals surface area (Å²) in [6.07, 6.45) is 5.07. The van der Waals surface area contributed by atoms with Crippen molar-refractivity contribution in [3.63, 3.8) is 0 Å². The topological polar surface area (TPSA) is 96.3 Å². The molecule has 0 radical (unpaired) electrons. The molecule has 0 aliphatic carbocycles. The summed E-state index contributed by atoms with van der Waals surface area (Å²) in [5.74, 6) is -0.907. The Morgan fingerprint density at radius 1 is 1.50 bits per heavy atom. The van der Waals surface area contributed by atoms with E-state index in [0.717, 1.165) is 12.0 Å². The fourth-order valence-electron chi connectivity index (χ4n) is 1.89. The van der Waals surface area contributed by atoms with E-state index in [1.165, 1.54) is 0 Å². The highest BCUT2D eigenvalue weighted by Gasteiger charge is 2.14. The molecule has 0 bridgehead atoms. The van der Waals surface area contributed by atoms with Gasteiger partial charge in [0.1, 0.15) is 0 Å². The summed E-state index contributed by atoms with van der Waals surface area (Å²) >= 11 is 0. The monoisotopic (exact) mass is 282 g/mol. The van der Waals surface area contributed by atoms with E-state index in [0.29, 0.717) is 19.5 Å². The van der Waals surface area contributed by atoms with Crippen LogP contribution in [0.5, 0.6) is 0 Å². The van der Waals surface area contributed by atoms with Gasteiger partial charge in [-0.15, -0.1) is 0 Å². The van der Waals surface area contributed by atoms with Gasteiger partial charge < -0.3 is 15.7 Å². The number of carbonyl (C=O) groups is 2. The molecule has 1 rings (SSSR count). The third-order valence-corrected chi connectivity index (χ3v) is 2.78. The van der Waals surface area contributed by atoms with Gasteiger partial charge in [-0.05, 0) is 18.9 Å². The largest absolute Gasteiger partial charge is 0.481 e. The standard InChI is InChI=1S/C13H22N4O3/c1-3-4-11(7-12(18)19)16-13(20)14-5-6-17-9-10(2)8-15-17/h8-9,11H,3-7H2,1-2H3,(H,18,19)(H2,14,16,20). The fourth-order valence-corrected chi connectivity index (χ4v) is 1.89. The molecular formula is C13H22N4O3. The molecule has 1 heterocycles. The molecule has 1 atom stereocenters. The van der Waals surface area contributed by atoms with Gasteiger partial charge in [0.25, 0.3) is 0 Å². The minimum Gasteiger partial charge on any atom is -0.481 e. The molecule has 7 nitrogen and oxygen atoms in total. The molecule has 0 fully saturated rings. The Morgan fingerprint density at radius 2 is 2.25 bits per heavy atom. The lowest BCUT2D eigenvalue weighted by atomic mass is 10.1. The number of urea groups is 1. The summed E-state index contributed by atoms with van der Waals surface area (Å²) in [7, 11) is 0. The van der Waals surface area contributed by atoms with Crippen LogP contribution in [0.2, 0.25) is 0 Å². The van der Waals surface area contributed by atoms with E-state index in [-0.39, 0.29) is 18.5 Å². The molecular weight excluding hydrogens is 260 g/mol. The molecule has 1 unspecified atom stereocenters. The van der Waals surface area contributed by atoms with E-state index in [4.69, 9.17) is 5.11 Å². The number of amides is 2. The van der Waals surface area contributed by atoms with Crippen molar-refractivity contribution in [3.05, 3.63) is 18.0 Å². The number of carbonyl (C=O) groups excluding carboxylic acids is 1. The highest BCUT2D eigenvalue weighted by molar-refractivity contribution is 5.75. The van der Waals surface area contributed by atoms with Crippen molar-refractivity contribution < 1.29 is 14.7 Å². The van der Waals surface area contributed by atoms with Gasteiger partial charge in [0.05, 0.1) is 19.2 Å². The van der Waals surface area contributed by atoms with Gasteiger partial charge in [-0.25, -0.2) is 4.79 Å². The van der Waals surface area contributed by atoms with Crippen LogP contribution in [0, 0.1) is 6.92 Å². The summed E-state index contributed by atoms with van der Waals surface area (Å²) in [6.45, 7) is 4.93. The lowest BCUT2D eigenvalue weighted by Crippen LogP contribution is -2.43. The van der Waals surface area contributed by atoms with Crippen molar-refractivity contribution in [3.8, 4) is 0 Å². The Bertz CT molecular complexity index is 445. The quantitative estimate of drug-likeness (QED) is 0.666.